The Bertz CT molecular complexity index is 648. The van der Waals surface area contributed by atoms with Gasteiger partial charge in [-0.05, 0) is 42.7 Å². The molecule has 2 aromatic rings. The van der Waals surface area contributed by atoms with Gasteiger partial charge in [-0.25, -0.2) is 0 Å². The van der Waals surface area contributed by atoms with E-state index in [1.54, 1.807) is 11.8 Å². The van der Waals surface area contributed by atoms with Crippen LogP contribution >= 0.6 is 24.2 Å². The molecule has 1 aliphatic heterocycles. The van der Waals surface area contributed by atoms with Gasteiger partial charge in [-0.3, -0.25) is 4.79 Å². The van der Waals surface area contributed by atoms with Gasteiger partial charge >= 0.3 is 0 Å². The van der Waals surface area contributed by atoms with Gasteiger partial charge in [0.2, 0.25) is 0 Å². The Morgan fingerprint density at radius 3 is 2.50 bits per heavy atom. The monoisotopic (exact) mass is 362 g/mol. The number of rotatable bonds is 4. The fourth-order valence-corrected chi connectivity index (χ4v) is 3.67. The van der Waals surface area contributed by atoms with Crippen LogP contribution in [0.2, 0.25) is 0 Å². The third kappa shape index (κ3) is 5.00. The number of halogens is 1. The van der Waals surface area contributed by atoms with Crippen molar-refractivity contribution in [1.82, 2.24) is 4.90 Å². The van der Waals surface area contributed by atoms with Gasteiger partial charge in [-0.15, -0.1) is 24.2 Å². The summed E-state index contributed by atoms with van der Waals surface area (Å²) >= 11 is 1.79. The molecule has 0 bridgehead atoms. The molecular formula is C19H23ClN2OS. The van der Waals surface area contributed by atoms with Crippen molar-refractivity contribution in [2.24, 2.45) is 5.73 Å². The zero-order valence-corrected chi connectivity index (χ0v) is 15.2. The van der Waals surface area contributed by atoms with Crippen LogP contribution in [0, 0.1) is 0 Å². The van der Waals surface area contributed by atoms with E-state index in [0.717, 1.165) is 30.7 Å². The molecule has 0 aromatic heterocycles. The Morgan fingerprint density at radius 2 is 1.83 bits per heavy atom. The van der Waals surface area contributed by atoms with Crippen molar-refractivity contribution in [3.63, 3.8) is 0 Å². The molecule has 5 heteroatoms. The molecule has 1 heterocycles. The summed E-state index contributed by atoms with van der Waals surface area (Å²) in [4.78, 5) is 15.6. The largest absolute Gasteiger partial charge is 0.337 e. The van der Waals surface area contributed by atoms with Crippen LogP contribution in [0.5, 0.6) is 0 Å². The molecule has 1 amide bonds. The number of amides is 1. The molecule has 128 valence electrons. The number of piperidine rings is 1. The SMILES string of the molecule is Cl.NC1CCCN(C(=O)c2ccc(SCc3ccccc3)cc2)C1. The van der Waals surface area contributed by atoms with E-state index >= 15 is 0 Å². The van der Waals surface area contributed by atoms with Crippen molar-refractivity contribution in [2.75, 3.05) is 13.1 Å². The molecule has 0 radical (unpaired) electrons. The van der Waals surface area contributed by atoms with Crippen LogP contribution in [-0.4, -0.2) is 29.9 Å². The topological polar surface area (TPSA) is 46.3 Å². The molecule has 3 rings (SSSR count). The van der Waals surface area contributed by atoms with Crippen LogP contribution in [0.15, 0.2) is 59.5 Å². The van der Waals surface area contributed by atoms with Gasteiger partial charge in [-0.1, -0.05) is 30.3 Å². The second kappa shape index (κ2) is 9.11. The first kappa shape index (κ1) is 18.8. The Labute approximate surface area is 154 Å². The van der Waals surface area contributed by atoms with Crippen molar-refractivity contribution in [3.8, 4) is 0 Å². The summed E-state index contributed by atoms with van der Waals surface area (Å²) in [6.07, 6.45) is 2.01. The summed E-state index contributed by atoms with van der Waals surface area (Å²) in [7, 11) is 0. The van der Waals surface area contributed by atoms with Gasteiger partial charge in [0.25, 0.3) is 5.91 Å². The Balaban J connectivity index is 0.00000208. The Kier molecular flexibility index (Phi) is 7.16. The summed E-state index contributed by atoms with van der Waals surface area (Å²) in [5, 5.41) is 0. The molecule has 1 fully saturated rings. The highest BCUT2D eigenvalue weighted by Crippen LogP contribution is 2.23. The number of carbonyl (C=O) groups is 1. The van der Waals surface area contributed by atoms with E-state index in [9.17, 15) is 4.79 Å². The van der Waals surface area contributed by atoms with Crippen LogP contribution in [0.1, 0.15) is 28.8 Å². The standard InChI is InChI=1S/C19H22N2OS.ClH/c20-17-7-4-12-21(13-17)19(22)16-8-10-18(11-9-16)23-14-15-5-2-1-3-6-15;/h1-3,5-6,8-11,17H,4,7,12-14,20H2;1H. The summed E-state index contributed by atoms with van der Waals surface area (Å²) in [5.41, 5.74) is 8.02. The minimum absolute atomic E-state index is 0. The third-order valence-corrected chi connectivity index (χ3v) is 5.18. The van der Waals surface area contributed by atoms with Crippen molar-refractivity contribution < 1.29 is 4.79 Å². The zero-order valence-electron chi connectivity index (χ0n) is 13.6. The highest BCUT2D eigenvalue weighted by atomic mass is 35.5. The number of likely N-dealkylation sites (tertiary alicyclic amines) is 1. The number of thioether (sulfide) groups is 1. The van der Waals surface area contributed by atoms with E-state index in [4.69, 9.17) is 5.73 Å². The maximum Gasteiger partial charge on any atom is 0.253 e. The Hall–Kier alpha value is -1.49. The minimum atomic E-state index is 0. The van der Waals surface area contributed by atoms with Crippen molar-refractivity contribution in [2.45, 2.75) is 29.5 Å². The molecule has 1 saturated heterocycles. The molecule has 2 aromatic carbocycles. The predicted molar refractivity (Wildman–Crippen MR) is 103 cm³/mol. The fourth-order valence-electron chi connectivity index (χ4n) is 2.81. The number of benzene rings is 2. The smallest absolute Gasteiger partial charge is 0.253 e. The number of hydrogen-bond acceptors (Lipinski definition) is 3. The van der Waals surface area contributed by atoms with Crippen molar-refractivity contribution in [1.29, 1.82) is 0 Å². The first-order valence-corrected chi connectivity index (χ1v) is 9.02. The molecule has 3 nitrogen and oxygen atoms in total. The average Bonchev–Trinajstić information content (AvgIpc) is 2.61. The number of nitrogens with two attached hydrogens (primary N) is 1. The van der Waals surface area contributed by atoms with Crippen LogP contribution < -0.4 is 5.73 Å². The first-order chi connectivity index (χ1) is 11.2. The molecule has 24 heavy (non-hydrogen) atoms. The number of nitrogens with zero attached hydrogens (tertiary/aromatic N) is 1. The van der Waals surface area contributed by atoms with E-state index in [1.165, 1.54) is 10.5 Å². The zero-order chi connectivity index (χ0) is 16.1. The summed E-state index contributed by atoms with van der Waals surface area (Å²) < 4.78 is 0. The Morgan fingerprint density at radius 1 is 1.12 bits per heavy atom. The minimum Gasteiger partial charge on any atom is -0.337 e. The quantitative estimate of drug-likeness (QED) is 0.837. The van der Waals surface area contributed by atoms with Gasteiger partial charge < -0.3 is 10.6 Å². The fraction of sp³-hybridized carbons (Fsp3) is 0.316. The maximum atomic E-state index is 12.5. The van der Waals surface area contributed by atoms with E-state index in [0.29, 0.717) is 6.54 Å². The molecule has 0 spiro atoms. The lowest BCUT2D eigenvalue weighted by Crippen LogP contribution is -2.45. The predicted octanol–water partition coefficient (Wildman–Crippen LogP) is 3.96. The van der Waals surface area contributed by atoms with E-state index < -0.39 is 0 Å². The summed E-state index contributed by atoms with van der Waals surface area (Å²) in [6.45, 7) is 1.49. The molecule has 0 aliphatic carbocycles. The van der Waals surface area contributed by atoms with Crippen LogP contribution in [-0.2, 0) is 5.75 Å². The van der Waals surface area contributed by atoms with Gasteiger partial charge in [0.05, 0.1) is 0 Å². The lowest BCUT2D eigenvalue weighted by atomic mass is 10.1. The summed E-state index contributed by atoms with van der Waals surface area (Å²) in [6, 6.07) is 18.4. The maximum absolute atomic E-state index is 12.5. The van der Waals surface area contributed by atoms with Gasteiger partial charge in [0.15, 0.2) is 0 Å². The van der Waals surface area contributed by atoms with E-state index in [2.05, 4.69) is 24.3 Å². The van der Waals surface area contributed by atoms with Crippen molar-refractivity contribution in [3.05, 3.63) is 65.7 Å². The molecule has 0 saturated carbocycles. The highest BCUT2D eigenvalue weighted by Gasteiger charge is 2.22. The third-order valence-electron chi connectivity index (χ3n) is 4.09. The van der Waals surface area contributed by atoms with Crippen molar-refractivity contribution >= 4 is 30.1 Å². The van der Waals surface area contributed by atoms with Gasteiger partial charge in [-0.2, -0.15) is 0 Å². The second-order valence-corrected chi connectivity index (χ2v) is 7.00. The lowest BCUT2D eigenvalue weighted by molar-refractivity contribution is 0.0709. The molecule has 1 aliphatic rings. The summed E-state index contributed by atoms with van der Waals surface area (Å²) in [5.74, 6) is 1.04. The van der Waals surface area contributed by atoms with Crippen LogP contribution in [0.4, 0.5) is 0 Å². The first-order valence-electron chi connectivity index (χ1n) is 8.04. The molecule has 1 unspecified atom stereocenters. The molecule has 2 N–H and O–H groups in total. The normalized spacial score (nSPS) is 17.2. The van der Waals surface area contributed by atoms with E-state index in [-0.39, 0.29) is 24.4 Å². The van der Waals surface area contributed by atoms with Gasteiger partial charge in [0, 0.05) is 35.3 Å². The second-order valence-electron chi connectivity index (χ2n) is 5.95. The van der Waals surface area contributed by atoms with Crippen LogP contribution in [0.3, 0.4) is 0 Å². The number of hydrogen-bond donors (Lipinski definition) is 1. The molecule has 1 atom stereocenters. The van der Waals surface area contributed by atoms with E-state index in [1.807, 2.05) is 35.2 Å². The lowest BCUT2D eigenvalue weighted by Gasteiger charge is -2.30. The number of carbonyl (C=O) groups excluding carboxylic acids is 1. The molecular weight excluding hydrogens is 340 g/mol. The average molecular weight is 363 g/mol. The van der Waals surface area contributed by atoms with Gasteiger partial charge in [0.1, 0.15) is 0 Å². The highest BCUT2D eigenvalue weighted by molar-refractivity contribution is 7.98. The van der Waals surface area contributed by atoms with Crippen LogP contribution in [0.25, 0.3) is 0 Å².